The molecule has 0 aromatic heterocycles. The molecule has 2 N–H and O–H groups in total. The van der Waals surface area contributed by atoms with Crippen molar-refractivity contribution in [3.05, 3.63) is 29.8 Å². The van der Waals surface area contributed by atoms with Gasteiger partial charge in [0, 0.05) is 20.1 Å². The van der Waals surface area contributed by atoms with E-state index in [1.54, 1.807) is 7.11 Å². The topological polar surface area (TPSA) is 48.9 Å². The Morgan fingerprint density at radius 1 is 1.17 bits per heavy atom. The maximum Gasteiger partial charge on any atom is 0.191 e. The summed E-state index contributed by atoms with van der Waals surface area (Å²) < 4.78 is 5.23. The van der Waals surface area contributed by atoms with Gasteiger partial charge in [0.05, 0.1) is 13.2 Å². The van der Waals surface area contributed by atoms with Gasteiger partial charge in [-0.05, 0) is 44.1 Å². The van der Waals surface area contributed by atoms with Crippen LogP contribution >= 0.6 is 24.0 Å². The number of hydrogen-bond donors (Lipinski definition) is 2. The van der Waals surface area contributed by atoms with E-state index in [4.69, 9.17) is 4.74 Å². The molecule has 0 aliphatic rings. The first-order chi connectivity index (χ1) is 11.0. The Hall–Kier alpha value is -1.02. The number of aliphatic imine (C=N–C) groups is 1. The number of halogens is 1. The fraction of sp³-hybridized carbons (Fsp3) is 0.611. The van der Waals surface area contributed by atoms with E-state index in [0.717, 1.165) is 31.2 Å². The van der Waals surface area contributed by atoms with Gasteiger partial charge >= 0.3 is 0 Å². The Bertz CT molecular complexity index is 474. The van der Waals surface area contributed by atoms with Gasteiger partial charge in [-0.15, -0.1) is 24.0 Å². The number of hydrogen-bond acceptors (Lipinski definition) is 3. The number of guanidine groups is 1. The first-order valence-corrected chi connectivity index (χ1v) is 8.22. The predicted octanol–water partition coefficient (Wildman–Crippen LogP) is 3.13. The van der Waals surface area contributed by atoms with Gasteiger partial charge < -0.3 is 20.3 Å². The molecule has 0 saturated heterocycles. The van der Waals surface area contributed by atoms with Gasteiger partial charge in [-0.3, -0.25) is 4.99 Å². The molecule has 0 spiro atoms. The van der Waals surface area contributed by atoms with Gasteiger partial charge in [-0.25, -0.2) is 0 Å². The van der Waals surface area contributed by atoms with Crippen molar-refractivity contribution in [2.75, 3.05) is 41.3 Å². The first-order valence-electron chi connectivity index (χ1n) is 8.22. The van der Waals surface area contributed by atoms with E-state index >= 15 is 0 Å². The third-order valence-corrected chi connectivity index (χ3v) is 3.82. The van der Waals surface area contributed by atoms with E-state index in [1.165, 1.54) is 5.56 Å². The molecule has 24 heavy (non-hydrogen) atoms. The smallest absolute Gasteiger partial charge is 0.191 e. The Morgan fingerprint density at radius 2 is 1.79 bits per heavy atom. The summed E-state index contributed by atoms with van der Waals surface area (Å²) in [5, 5.41) is 6.78. The van der Waals surface area contributed by atoms with Crippen molar-refractivity contribution >= 4 is 29.9 Å². The van der Waals surface area contributed by atoms with Crippen LogP contribution < -0.4 is 15.4 Å². The zero-order valence-electron chi connectivity index (χ0n) is 15.8. The summed E-state index contributed by atoms with van der Waals surface area (Å²) in [5.41, 5.74) is 1.25. The van der Waals surface area contributed by atoms with Crippen LogP contribution in [0.4, 0.5) is 0 Å². The van der Waals surface area contributed by atoms with Gasteiger partial charge in [-0.2, -0.15) is 0 Å². The van der Waals surface area contributed by atoms with Crippen LogP contribution in [0.5, 0.6) is 5.75 Å². The van der Waals surface area contributed by atoms with Gasteiger partial charge in [0.15, 0.2) is 5.96 Å². The molecule has 0 amide bonds. The van der Waals surface area contributed by atoms with Crippen LogP contribution in [0.1, 0.15) is 31.9 Å². The highest BCUT2D eigenvalue weighted by atomic mass is 127. The SMILES string of the molecule is CN=C(NCCC(C)C)NCC(c1ccc(OC)cc1)N(C)C.I. The van der Waals surface area contributed by atoms with E-state index in [1.807, 2.05) is 19.2 Å². The third kappa shape index (κ3) is 8.19. The summed E-state index contributed by atoms with van der Waals surface area (Å²) >= 11 is 0. The van der Waals surface area contributed by atoms with Crippen LogP contribution in [0.2, 0.25) is 0 Å². The molecule has 6 heteroatoms. The highest BCUT2D eigenvalue weighted by Crippen LogP contribution is 2.20. The molecule has 0 bridgehead atoms. The number of nitrogens with one attached hydrogen (secondary N) is 2. The normalized spacial score (nSPS) is 12.8. The Labute approximate surface area is 164 Å². The Morgan fingerprint density at radius 3 is 2.25 bits per heavy atom. The fourth-order valence-corrected chi connectivity index (χ4v) is 2.32. The molecule has 0 fully saturated rings. The van der Waals surface area contributed by atoms with Crippen LogP contribution in [-0.4, -0.2) is 52.2 Å². The fourth-order valence-electron chi connectivity index (χ4n) is 2.32. The number of benzene rings is 1. The van der Waals surface area contributed by atoms with Crippen LogP contribution in [0.3, 0.4) is 0 Å². The van der Waals surface area contributed by atoms with E-state index in [0.29, 0.717) is 5.92 Å². The van der Waals surface area contributed by atoms with E-state index in [-0.39, 0.29) is 30.0 Å². The van der Waals surface area contributed by atoms with E-state index < -0.39 is 0 Å². The summed E-state index contributed by atoms with van der Waals surface area (Å²) in [7, 11) is 7.67. The molecule has 0 saturated carbocycles. The minimum atomic E-state index is 0. The zero-order chi connectivity index (χ0) is 17.2. The highest BCUT2D eigenvalue weighted by molar-refractivity contribution is 14.0. The average molecular weight is 448 g/mol. The molecular formula is C18H33IN4O. The molecule has 0 aliphatic carbocycles. The number of rotatable bonds is 8. The lowest BCUT2D eigenvalue weighted by Crippen LogP contribution is -2.42. The predicted molar refractivity (Wildman–Crippen MR) is 114 cm³/mol. The summed E-state index contributed by atoms with van der Waals surface area (Å²) in [6.07, 6.45) is 1.14. The number of likely N-dealkylation sites (N-methyl/N-ethyl adjacent to an activating group) is 1. The number of ether oxygens (including phenoxy) is 1. The lowest BCUT2D eigenvalue weighted by Gasteiger charge is -2.26. The molecule has 1 rings (SSSR count). The second kappa shape index (κ2) is 12.4. The molecule has 1 atom stereocenters. The Kier molecular flexibility index (Phi) is 11.8. The second-order valence-electron chi connectivity index (χ2n) is 6.31. The summed E-state index contributed by atoms with van der Waals surface area (Å²) in [6, 6.07) is 8.49. The van der Waals surface area contributed by atoms with Crippen molar-refractivity contribution in [1.29, 1.82) is 0 Å². The molecule has 0 heterocycles. The van der Waals surface area contributed by atoms with E-state index in [2.05, 4.69) is 60.6 Å². The molecule has 0 radical (unpaired) electrons. The number of nitrogens with zero attached hydrogens (tertiary/aromatic N) is 2. The maximum atomic E-state index is 5.23. The van der Waals surface area contributed by atoms with Crippen LogP contribution in [0.25, 0.3) is 0 Å². The molecule has 1 aromatic carbocycles. The highest BCUT2D eigenvalue weighted by Gasteiger charge is 2.14. The van der Waals surface area contributed by atoms with Gasteiger partial charge in [-0.1, -0.05) is 26.0 Å². The molecule has 0 aliphatic heterocycles. The summed E-state index contributed by atoms with van der Waals surface area (Å²) in [4.78, 5) is 6.50. The zero-order valence-corrected chi connectivity index (χ0v) is 18.1. The van der Waals surface area contributed by atoms with Crippen LogP contribution in [0, 0.1) is 5.92 Å². The summed E-state index contributed by atoms with van der Waals surface area (Å²) in [6.45, 7) is 6.18. The lowest BCUT2D eigenvalue weighted by molar-refractivity contribution is 0.298. The summed E-state index contributed by atoms with van der Waals surface area (Å²) in [5.74, 6) is 2.42. The third-order valence-electron chi connectivity index (χ3n) is 3.82. The van der Waals surface area contributed by atoms with Gasteiger partial charge in [0.2, 0.25) is 0 Å². The quantitative estimate of drug-likeness (QED) is 0.365. The second-order valence-corrected chi connectivity index (χ2v) is 6.31. The molecule has 1 unspecified atom stereocenters. The van der Waals surface area contributed by atoms with Crippen molar-refractivity contribution in [3.63, 3.8) is 0 Å². The van der Waals surface area contributed by atoms with Gasteiger partial charge in [0.1, 0.15) is 5.75 Å². The van der Waals surface area contributed by atoms with Crippen molar-refractivity contribution in [1.82, 2.24) is 15.5 Å². The van der Waals surface area contributed by atoms with Crippen LogP contribution in [-0.2, 0) is 0 Å². The largest absolute Gasteiger partial charge is 0.497 e. The van der Waals surface area contributed by atoms with Gasteiger partial charge in [0.25, 0.3) is 0 Å². The number of methoxy groups -OCH3 is 1. The maximum absolute atomic E-state index is 5.23. The Balaban J connectivity index is 0.00000529. The van der Waals surface area contributed by atoms with E-state index in [9.17, 15) is 0 Å². The lowest BCUT2D eigenvalue weighted by atomic mass is 10.1. The van der Waals surface area contributed by atoms with Crippen molar-refractivity contribution in [3.8, 4) is 5.75 Å². The van der Waals surface area contributed by atoms with Crippen molar-refractivity contribution in [2.45, 2.75) is 26.3 Å². The molecule has 1 aromatic rings. The van der Waals surface area contributed by atoms with Crippen molar-refractivity contribution in [2.24, 2.45) is 10.9 Å². The minimum absolute atomic E-state index is 0. The minimum Gasteiger partial charge on any atom is -0.497 e. The average Bonchev–Trinajstić information content (AvgIpc) is 2.53. The molecular weight excluding hydrogens is 415 g/mol. The van der Waals surface area contributed by atoms with Crippen LogP contribution in [0.15, 0.2) is 29.3 Å². The monoisotopic (exact) mass is 448 g/mol. The first kappa shape index (κ1) is 23.0. The molecule has 138 valence electrons. The standard InChI is InChI=1S/C18H32N4O.HI/c1-14(2)11-12-20-18(19-3)21-13-17(22(4)5)15-7-9-16(23-6)10-8-15;/h7-10,14,17H,11-13H2,1-6H3,(H2,19,20,21);1H. The molecule has 5 nitrogen and oxygen atoms in total. The van der Waals surface area contributed by atoms with Crippen molar-refractivity contribution < 1.29 is 4.74 Å².